The van der Waals surface area contributed by atoms with E-state index in [4.69, 9.17) is 0 Å². The predicted molar refractivity (Wildman–Crippen MR) is 88.1 cm³/mol. The van der Waals surface area contributed by atoms with Crippen LogP contribution in [-0.2, 0) is 17.8 Å². The topological polar surface area (TPSA) is 63.1 Å². The van der Waals surface area contributed by atoms with E-state index in [1.165, 1.54) is 4.88 Å². The molecule has 6 nitrogen and oxygen atoms in total. The number of nitrogens with one attached hydrogen (secondary N) is 1. The summed E-state index contributed by atoms with van der Waals surface area (Å²) in [4.78, 5) is 20.2. The molecule has 7 heteroatoms. The minimum Gasteiger partial charge on any atom is -0.334 e. The van der Waals surface area contributed by atoms with Crippen LogP contribution >= 0.6 is 11.3 Å². The van der Waals surface area contributed by atoms with Gasteiger partial charge >= 0.3 is 0 Å². The molecule has 0 aromatic carbocycles. The molecule has 23 heavy (non-hydrogen) atoms. The molecule has 0 saturated carbocycles. The van der Waals surface area contributed by atoms with E-state index in [9.17, 15) is 4.79 Å². The lowest BCUT2D eigenvalue weighted by Gasteiger charge is -2.27. The largest absolute Gasteiger partial charge is 0.334 e. The van der Waals surface area contributed by atoms with Crippen LogP contribution in [-0.4, -0.2) is 44.7 Å². The standard InChI is InChI=1S/C16H21N5OS/c22-16(20-7-1-3-13(20)14-4-2-8-23-14)9-17-12-5-6-15-18-11-19-21(15)10-12/h2,4,8,11-13,17H,1,3,5-7,9-10H2/t12-,13-/m1/s1. The molecule has 2 aromatic rings. The first-order valence-corrected chi connectivity index (χ1v) is 9.12. The Morgan fingerprint density at radius 2 is 2.39 bits per heavy atom. The van der Waals surface area contributed by atoms with Gasteiger partial charge in [-0.05, 0) is 30.7 Å². The van der Waals surface area contributed by atoms with E-state index < -0.39 is 0 Å². The lowest BCUT2D eigenvalue weighted by molar-refractivity contribution is -0.131. The minimum absolute atomic E-state index is 0.213. The molecular weight excluding hydrogens is 310 g/mol. The van der Waals surface area contributed by atoms with Crippen molar-refractivity contribution in [2.24, 2.45) is 0 Å². The van der Waals surface area contributed by atoms with Crippen molar-refractivity contribution in [3.8, 4) is 0 Å². The average Bonchev–Trinajstić information content (AvgIpc) is 3.32. The van der Waals surface area contributed by atoms with E-state index in [1.807, 2.05) is 9.58 Å². The maximum atomic E-state index is 12.6. The van der Waals surface area contributed by atoms with Crippen molar-refractivity contribution >= 4 is 17.2 Å². The van der Waals surface area contributed by atoms with Crippen LogP contribution in [0.5, 0.6) is 0 Å². The molecule has 1 saturated heterocycles. The quantitative estimate of drug-likeness (QED) is 0.924. The highest BCUT2D eigenvalue weighted by molar-refractivity contribution is 7.10. The van der Waals surface area contributed by atoms with Crippen LogP contribution in [0.25, 0.3) is 0 Å². The molecule has 1 amide bonds. The molecular formula is C16H21N5OS. The third-order valence-corrected chi connectivity index (χ3v) is 5.77. The van der Waals surface area contributed by atoms with Crippen LogP contribution in [0, 0.1) is 0 Å². The number of hydrogen-bond acceptors (Lipinski definition) is 5. The van der Waals surface area contributed by atoms with E-state index in [-0.39, 0.29) is 11.9 Å². The number of nitrogens with zero attached hydrogens (tertiary/aromatic N) is 4. The normalized spacial score (nSPS) is 23.9. The molecule has 2 aromatic heterocycles. The van der Waals surface area contributed by atoms with Crippen LogP contribution in [0.15, 0.2) is 23.8 Å². The van der Waals surface area contributed by atoms with Crippen LogP contribution in [0.1, 0.15) is 36.0 Å². The minimum atomic E-state index is 0.213. The zero-order chi connectivity index (χ0) is 15.6. The van der Waals surface area contributed by atoms with Crippen molar-refractivity contribution in [3.63, 3.8) is 0 Å². The zero-order valence-corrected chi connectivity index (χ0v) is 13.8. The Morgan fingerprint density at radius 3 is 3.26 bits per heavy atom. The summed E-state index contributed by atoms with van der Waals surface area (Å²) < 4.78 is 1.94. The van der Waals surface area contributed by atoms with Crippen LogP contribution < -0.4 is 5.32 Å². The number of carbonyl (C=O) groups excluding carboxylic acids is 1. The summed E-state index contributed by atoms with van der Waals surface area (Å²) in [5, 5.41) is 9.74. The van der Waals surface area contributed by atoms with E-state index >= 15 is 0 Å². The molecule has 2 atom stereocenters. The molecule has 0 radical (unpaired) electrons. The summed E-state index contributed by atoms with van der Waals surface area (Å²) in [6.45, 7) is 2.09. The number of carbonyl (C=O) groups is 1. The summed E-state index contributed by atoms with van der Waals surface area (Å²) in [6.07, 6.45) is 5.73. The SMILES string of the molecule is O=C(CN[C@@H]1CCc2ncnn2C1)N1CCC[C@@H]1c1cccs1. The summed E-state index contributed by atoms with van der Waals surface area (Å²) in [7, 11) is 0. The fourth-order valence-corrected chi connectivity index (χ4v) is 4.45. The monoisotopic (exact) mass is 331 g/mol. The Kier molecular flexibility index (Phi) is 4.13. The lowest BCUT2D eigenvalue weighted by Crippen LogP contribution is -2.44. The molecule has 2 aliphatic rings. The Labute approximate surface area is 139 Å². The molecule has 0 bridgehead atoms. The highest BCUT2D eigenvalue weighted by atomic mass is 32.1. The van der Waals surface area contributed by atoms with E-state index in [2.05, 4.69) is 32.9 Å². The number of aromatic nitrogens is 3. The molecule has 0 spiro atoms. The zero-order valence-electron chi connectivity index (χ0n) is 13.0. The molecule has 2 aliphatic heterocycles. The first kappa shape index (κ1) is 14.8. The molecule has 0 aliphatic carbocycles. The third-order valence-electron chi connectivity index (χ3n) is 4.79. The Morgan fingerprint density at radius 1 is 1.43 bits per heavy atom. The van der Waals surface area contributed by atoms with Gasteiger partial charge in [0.05, 0.1) is 19.1 Å². The number of aryl methyl sites for hydroxylation is 1. The summed E-state index contributed by atoms with van der Waals surface area (Å²) >= 11 is 1.75. The smallest absolute Gasteiger partial charge is 0.237 e. The van der Waals surface area contributed by atoms with Gasteiger partial charge in [-0.15, -0.1) is 11.3 Å². The van der Waals surface area contributed by atoms with Crippen LogP contribution in [0.2, 0.25) is 0 Å². The van der Waals surface area contributed by atoms with E-state index in [1.54, 1.807) is 17.7 Å². The van der Waals surface area contributed by atoms with Crippen molar-refractivity contribution in [2.45, 2.75) is 44.3 Å². The summed E-state index contributed by atoms with van der Waals surface area (Å²) in [5.74, 6) is 1.26. The number of thiophene rings is 1. The van der Waals surface area contributed by atoms with Crippen molar-refractivity contribution in [1.82, 2.24) is 25.0 Å². The molecule has 1 fully saturated rings. The van der Waals surface area contributed by atoms with Crippen LogP contribution in [0.3, 0.4) is 0 Å². The average molecular weight is 331 g/mol. The lowest BCUT2D eigenvalue weighted by atomic mass is 10.1. The number of rotatable bonds is 4. The number of amides is 1. The fourth-order valence-electron chi connectivity index (χ4n) is 3.58. The van der Waals surface area contributed by atoms with Gasteiger partial charge in [0.25, 0.3) is 0 Å². The van der Waals surface area contributed by atoms with Crippen LogP contribution in [0.4, 0.5) is 0 Å². The molecule has 4 rings (SSSR count). The van der Waals surface area contributed by atoms with Crippen molar-refractivity contribution in [1.29, 1.82) is 0 Å². The number of likely N-dealkylation sites (tertiary alicyclic amines) is 1. The second-order valence-electron chi connectivity index (χ2n) is 6.24. The van der Waals surface area contributed by atoms with Gasteiger partial charge in [-0.25, -0.2) is 9.67 Å². The van der Waals surface area contributed by atoms with Crippen molar-refractivity contribution in [3.05, 3.63) is 34.5 Å². The number of fused-ring (bicyclic) bond motifs is 1. The molecule has 1 N–H and O–H groups in total. The second kappa shape index (κ2) is 6.41. The molecule has 4 heterocycles. The van der Waals surface area contributed by atoms with Gasteiger partial charge in [0.1, 0.15) is 12.2 Å². The van der Waals surface area contributed by atoms with E-state index in [0.29, 0.717) is 12.6 Å². The van der Waals surface area contributed by atoms with Crippen molar-refractivity contribution < 1.29 is 4.79 Å². The van der Waals surface area contributed by atoms with E-state index in [0.717, 1.165) is 44.6 Å². The second-order valence-corrected chi connectivity index (χ2v) is 7.21. The maximum Gasteiger partial charge on any atom is 0.237 e. The first-order chi connectivity index (χ1) is 11.3. The first-order valence-electron chi connectivity index (χ1n) is 8.24. The Hall–Kier alpha value is -1.73. The van der Waals surface area contributed by atoms with Gasteiger partial charge in [0, 0.05) is 23.9 Å². The molecule has 122 valence electrons. The highest BCUT2D eigenvalue weighted by Gasteiger charge is 2.30. The van der Waals surface area contributed by atoms with Gasteiger partial charge in [0.15, 0.2) is 0 Å². The summed E-state index contributed by atoms with van der Waals surface area (Å²) in [6, 6.07) is 4.78. The predicted octanol–water partition coefficient (Wildman–Crippen LogP) is 1.61. The van der Waals surface area contributed by atoms with Gasteiger partial charge < -0.3 is 10.2 Å². The Balaban J connectivity index is 1.33. The highest BCUT2D eigenvalue weighted by Crippen LogP contribution is 2.34. The van der Waals surface area contributed by atoms with Gasteiger partial charge in [-0.2, -0.15) is 5.10 Å². The molecule has 0 unspecified atom stereocenters. The summed E-state index contributed by atoms with van der Waals surface area (Å²) in [5.41, 5.74) is 0. The van der Waals surface area contributed by atoms with Gasteiger partial charge in [-0.1, -0.05) is 6.07 Å². The van der Waals surface area contributed by atoms with Gasteiger partial charge in [0.2, 0.25) is 5.91 Å². The third kappa shape index (κ3) is 3.03. The number of hydrogen-bond donors (Lipinski definition) is 1. The maximum absolute atomic E-state index is 12.6. The fraction of sp³-hybridized carbons (Fsp3) is 0.562. The van der Waals surface area contributed by atoms with Crippen molar-refractivity contribution in [2.75, 3.05) is 13.1 Å². The Bertz CT molecular complexity index is 668. The van der Waals surface area contributed by atoms with Gasteiger partial charge in [-0.3, -0.25) is 4.79 Å².